The molecule has 9 heavy (non-hydrogen) atoms. The zero-order chi connectivity index (χ0) is 6.48. The lowest BCUT2D eigenvalue weighted by atomic mass is 9.99. The van der Waals surface area contributed by atoms with E-state index in [4.69, 9.17) is 4.74 Å². The Labute approximate surface area is 55.0 Å². The molecule has 1 saturated heterocycles. The second-order valence-electron chi connectivity index (χ2n) is 2.95. The highest BCUT2D eigenvalue weighted by Gasteiger charge is 2.49. The van der Waals surface area contributed by atoms with Gasteiger partial charge in [-0.25, -0.2) is 0 Å². The van der Waals surface area contributed by atoms with Crippen molar-refractivity contribution >= 4 is 0 Å². The van der Waals surface area contributed by atoms with E-state index >= 15 is 0 Å². The van der Waals surface area contributed by atoms with E-state index < -0.39 is 0 Å². The first-order valence-corrected chi connectivity index (χ1v) is 3.29. The molecule has 1 fully saturated rings. The summed E-state index contributed by atoms with van der Waals surface area (Å²) in [5, 5.41) is 0. The van der Waals surface area contributed by atoms with Crippen LogP contribution in [-0.4, -0.2) is 5.60 Å². The van der Waals surface area contributed by atoms with Crippen LogP contribution in [0.2, 0.25) is 0 Å². The fraction of sp³-hybridized carbons (Fsp3) is 0.500. The van der Waals surface area contributed by atoms with Gasteiger partial charge in [0.15, 0.2) is 5.60 Å². The van der Waals surface area contributed by atoms with Gasteiger partial charge in [0, 0.05) is 6.42 Å². The van der Waals surface area contributed by atoms with Crippen molar-refractivity contribution in [2.45, 2.75) is 25.9 Å². The minimum absolute atomic E-state index is 0.110. The predicted octanol–water partition coefficient (Wildman–Crippen LogP) is 2.01. The Kier molecular flexibility index (Phi) is 0.696. The van der Waals surface area contributed by atoms with Crippen molar-refractivity contribution in [3.8, 4) is 0 Å². The first-order chi connectivity index (χ1) is 4.22. The van der Waals surface area contributed by atoms with Crippen molar-refractivity contribution < 1.29 is 4.74 Å². The summed E-state index contributed by atoms with van der Waals surface area (Å²) in [6.45, 7) is 4.23. The minimum Gasteiger partial charge on any atom is -0.479 e. The standard InChI is InChI=1S/C8H10O/c1-6-4-3-5-8(2)7(6)9-8/h3-4H,5H2,1-2H3. The van der Waals surface area contributed by atoms with E-state index in [2.05, 4.69) is 26.0 Å². The third-order valence-electron chi connectivity index (χ3n) is 2.00. The molecule has 1 aliphatic heterocycles. The Morgan fingerprint density at radius 2 is 2.44 bits per heavy atom. The summed E-state index contributed by atoms with van der Waals surface area (Å²) < 4.78 is 5.39. The van der Waals surface area contributed by atoms with Gasteiger partial charge in [-0.2, -0.15) is 0 Å². The van der Waals surface area contributed by atoms with Gasteiger partial charge in [0.2, 0.25) is 0 Å². The zero-order valence-corrected chi connectivity index (χ0v) is 5.77. The van der Waals surface area contributed by atoms with Crippen LogP contribution in [0.25, 0.3) is 0 Å². The van der Waals surface area contributed by atoms with Gasteiger partial charge in [-0.15, -0.1) is 0 Å². The molecule has 1 unspecified atom stereocenters. The van der Waals surface area contributed by atoms with Crippen LogP contribution >= 0.6 is 0 Å². The second-order valence-corrected chi connectivity index (χ2v) is 2.95. The number of rotatable bonds is 0. The molecular formula is C8H10O. The number of hydrogen-bond donors (Lipinski definition) is 0. The van der Waals surface area contributed by atoms with E-state index in [1.54, 1.807) is 0 Å². The minimum atomic E-state index is 0.110. The lowest BCUT2D eigenvalue weighted by Gasteiger charge is -1.99. The number of fused-ring (bicyclic) bond motifs is 1. The Bertz CT molecular complexity index is 213. The Morgan fingerprint density at radius 1 is 1.67 bits per heavy atom. The molecule has 1 nitrogen and oxygen atoms in total. The van der Waals surface area contributed by atoms with Crippen molar-refractivity contribution in [3.63, 3.8) is 0 Å². The maximum absolute atomic E-state index is 5.39. The van der Waals surface area contributed by atoms with Crippen molar-refractivity contribution in [2.24, 2.45) is 0 Å². The van der Waals surface area contributed by atoms with Crippen LogP contribution < -0.4 is 0 Å². The third-order valence-corrected chi connectivity index (χ3v) is 2.00. The normalized spacial score (nSPS) is 38.0. The first-order valence-electron chi connectivity index (χ1n) is 3.29. The molecule has 0 amide bonds. The van der Waals surface area contributed by atoms with Gasteiger partial charge < -0.3 is 4.74 Å². The smallest absolute Gasteiger partial charge is 0.166 e. The monoisotopic (exact) mass is 122 g/mol. The summed E-state index contributed by atoms with van der Waals surface area (Å²) in [6.07, 6.45) is 5.36. The van der Waals surface area contributed by atoms with Crippen LogP contribution in [0.4, 0.5) is 0 Å². The Balaban J connectivity index is 2.41. The van der Waals surface area contributed by atoms with Gasteiger partial charge in [0.05, 0.1) is 0 Å². The van der Waals surface area contributed by atoms with Gasteiger partial charge in [0.25, 0.3) is 0 Å². The first kappa shape index (κ1) is 5.10. The van der Waals surface area contributed by atoms with Crippen molar-refractivity contribution in [1.82, 2.24) is 0 Å². The lowest BCUT2D eigenvalue weighted by Crippen LogP contribution is -2.03. The molecule has 0 aromatic heterocycles. The molecule has 1 aliphatic carbocycles. The van der Waals surface area contributed by atoms with Crippen LogP contribution in [0.5, 0.6) is 0 Å². The Hall–Kier alpha value is -0.720. The average molecular weight is 122 g/mol. The van der Waals surface area contributed by atoms with E-state index in [-0.39, 0.29) is 5.60 Å². The molecule has 0 saturated carbocycles. The summed E-state index contributed by atoms with van der Waals surface area (Å²) >= 11 is 0. The van der Waals surface area contributed by atoms with E-state index in [1.807, 2.05) is 0 Å². The van der Waals surface area contributed by atoms with Crippen LogP contribution in [0.15, 0.2) is 23.5 Å². The number of ether oxygens (including phenoxy) is 1. The molecule has 0 spiro atoms. The van der Waals surface area contributed by atoms with Crippen molar-refractivity contribution in [2.75, 3.05) is 0 Å². The summed E-state index contributed by atoms with van der Waals surface area (Å²) in [5.41, 5.74) is 1.41. The lowest BCUT2D eigenvalue weighted by molar-refractivity contribution is 0.334. The molecule has 1 heteroatoms. The Morgan fingerprint density at radius 3 is 3.00 bits per heavy atom. The molecule has 48 valence electrons. The average Bonchev–Trinajstić information content (AvgIpc) is 2.43. The molecule has 0 aromatic rings. The largest absolute Gasteiger partial charge is 0.479 e. The predicted molar refractivity (Wildman–Crippen MR) is 35.9 cm³/mol. The number of epoxide rings is 1. The fourth-order valence-corrected chi connectivity index (χ4v) is 1.37. The van der Waals surface area contributed by atoms with Gasteiger partial charge in [-0.1, -0.05) is 12.2 Å². The number of hydrogen-bond acceptors (Lipinski definition) is 1. The highest BCUT2D eigenvalue weighted by Crippen LogP contribution is 2.48. The molecule has 2 rings (SSSR count). The van der Waals surface area contributed by atoms with Crippen LogP contribution in [0.1, 0.15) is 20.3 Å². The van der Waals surface area contributed by atoms with E-state index in [0.29, 0.717) is 0 Å². The summed E-state index contributed by atoms with van der Waals surface area (Å²) in [6, 6.07) is 0. The molecule has 0 N–H and O–H groups in total. The fourth-order valence-electron chi connectivity index (χ4n) is 1.37. The zero-order valence-electron chi connectivity index (χ0n) is 5.77. The highest BCUT2D eigenvalue weighted by molar-refractivity contribution is 5.39. The third kappa shape index (κ3) is 0.546. The SMILES string of the molecule is CC1=C2OC2(C)CC=C1. The van der Waals surface area contributed by atoms with Gasteiger partial charge >= 0.3 is 0 Å². The molecule has 0 bridgehead atoms. The molecule has 1 heterocycles. The highest BCUT2D eigenvalue weighted by atomic mass is 16.6. The topological polar surface area (TPSA) is 12.5 Å². The van der Waals surface area contributed by atoms with Crippen LogP contribution in [-0.2, 0) is 4.74 Å². The quantitative estimate of drug-likeness (QED) is 0.448. The van der Waals surface area contributed by atoms with Crippen LogP contribution in [0.3, 0.4) is 0 Å². The molecule has 1 atom stereocenters. The molecular weight excluding hydrogens is 112 g/mol. The van der Waals surface area contributed by atoms with Gasteiger partial charge in [-0.3, -0.25) is 0 Å². The van der Waals surface area contributed by atoms with Gasteiger partial charge in [-0.05, 0) is 19.4 Å². The summed E-state index contributed by atoms with van der Waals surface area (Å²) in [4.78, 5) is 0. The van der Waals surface area contributed by atoms with E-state index in [0.717, 1.165) is 6.42 Å². The van der Waals surface area contributed by atoms with Crippen molar-refractivity contribution in [1.29, 1.82) is 0 Å². The maximum Gasteiger partial charge on any atom is 0.166 e. The van der Waals surface area contributed by atoms with E-state index in [1.165, 1.54) is 11.3 Å². The number of allylic oxidation sites excluding steroid dienone is 2. The van der Waals surface area contributed by atoms with E-state index in [9.17, 15) is 0 Å². The van der Waals surface area contributed by atoms with Gasteiger partial charge in [0.1, 0.15) is 5.76 Å². The summed E-state index contributed by atoms with van der Waals surface area (Å²) in [7, 11) is 0. The molecule has 0 aromatic carbocycles. The maximum atomic E-state index is 5.39. The van der Waals surface area contributed by atoms with Crippen LogP contribution in [0, 0.1) is 0 Å². The van der Waals surface area contributed by atoms with Crippen molar-refractivity contribution in [3.05, 3.63) is 23.5 Å². The second kappa shape index (κ2) is 1.23. The molecule has 2 aliphatic rings. The summed E-state index contributed by atoms with van der Waals surface area (Å²) in [5.74, 6) is 1.20. The molecule has 0 radical (unpaired) electrons.